The van der Waals surface area contributed by atoms with E-state index in [1.807, 2.05) is 24.0 Å². The molecule has 5 nitrogen and oxygen atoms in total. The number of amides is 1. The van der Waals surface area contributed by atoms with E-state index in [1.165, 1.54) is 6.07 Å². The van der Waals surface area contributed by atoms with Crippen LogP contribution >= 0.6 is 0 Å². The largest absolute Gasteiger partial charge is 0.416 e. The summed E-state index contributed by atoms with van der Waals surface area (Å²) >= 11 is 0. The van der Waals surface area contributed by atoms with Gasteiger partial charge in [-0.15, -0.1) is 0 Å². The number of aliphatic imine (C=N–C) groups is 1. The van der Waals surface area contributed by atoms with Crippen molar-refractivity contribution in [1.29, 1.82) is 0 Å². The average molecular weight is 519 g/mol. The van der Waals surface area contributed by atoms with E-state index < -0.39 is 11.7 Å². The van der Waals surface area contributed by atoms with Gasteiger partial charge in [0, 0.05) is 48.7 Å². The monoisotopic (exact) mass is 518 g/mol. The maximum absolute atomic E-state index is 13.5. The fourth-order valence-electron chi connectivity index (χ4n) is 6.07. The number of carbonyl (C=O) groups is 1. The second kappa shape index (κ2) is 9.66. The predicted molar refractivity (Wildman–Crippen MR) is 139 cm³/mol. The first kappa shape index (κ1) is 24.8. The Morgan fingerprint density at radius 3 is 2.71 bits per heavy atom. The molecule has 196 valence electrons. The molecule has 0 radical (unpaired) electrons. The summed E-state index contributed by atoms with van der Waals surface area (Å²) in [5.41, 5.74) is 7.08. The Labute approximate surface area is 220 Å². The molecule has 0 bridgehead atoms. The van der Waals surface area contributed by atoms with E-state index in [4.69, 9.17) is 4.99 Å². The molecule has 1 amide bonds. The van der Waals surface area contributed by atoms with E-state index in [1.54, 1.807) is 18.3 Å². The molecule has 1 atom stereocenters. The number of fused-ring (bicyclic) bond motifs is 2. The van der Waals surface area contributed by atoms with E-state index in [-0.39, 0.29) is 24.1 Å². The van der Waals surface area contributed by atoms with Crippen LogP contribution in [-0.4, -0.2) is 45.5 Å². The van der Waals surface area contributed by atoms with Crippen molar-refractivity contribution in [3.05, 3.63) is 99.4 Å². The highest BCUT2D eigenvalue weighted by atomic mass is 19.4. The van der Waals surface area contributed by atoms with Crippen LogP contribution in [0.1, 0.15) is 57.5 Å². The highest BCUT2D eigenvalue weighted by Gasteiger charge is 2.36. The number of nitrogens with zero attached hydrogens (tertiary/aromatic N) is 4. The minimum Gasteiger partial charge on any atom is -0.334 e. The molecule has 0 spiro atoms. The van der Waals surface area contributed by atoms with Crippen molar-refractivity contribution in [1.82, 2.24) is 14.8 Å². The molecule has 38 heavy (non-hydrogen) atoms. The third kappa shape index (κ3) is 4.73. The maximum atomic E-state index is 13.5. The minimum absolute atomic E-state index is 0.0216. The molecule has 3 aromatic rings. The number of halogens is 3. The van der Waals surface area contributed by atoms with Gasteiger partial charge in [0.15, 0.2) is 0 Å². The number of aromatic nitrogens is 1. The van der Waals surface area contributed by atoms with E-state index in [2.05, 4.69) is 22.0 Å². The first-order chi connectivity index (χ1) is 18.3. The van der Waals surface area contributed by atoms with Crippen molar-refractivity contribution in [3.63, 3.8) is 0 Å². The molecule has 1 fully saturated rings. The van der Waals surface area contributed by atoms with Gasteiger partial charge in [0.2, 0.25) is 5.91 Å². The summed E-state index contributed by atoms with van der Waals surface area (Å²) in [5, 5.41) is 0. The van der Waals surface area contributed by atoms with Gasteiger partial charge in [0.05, 0.1) is 24.2 Å². The molecule has 3 aliphatic rings. The zero-order valence-corrected chi connectivity index (χ0v) is 21.3. The van der Waals surface area contributed by atoms with Crippen LogP contribution in [0, 0.1) is 6.92 Å². The lowest BCUT2D eigenvalue weighted by atomic mass is 9.90. The topological polar surface area (TPSA) is 48.8 Å². The number of alkyl halides is 3. The Kier molecular flexibility index (Phi) is 6.30. The zero-order chi connectivity index (χ0) is 26.4. The molecule has 3 aliphatic heterocycles. The van der Waals surface area contributed by atoms with Crippen molar-refractivity contribution in [2.75, 3.05) is 13.1 Å². The number of aryl methyl sites for hydroxylation is 1. The first-order valence-electron chi connectivity index (χ1n) is 13.1. The summed E-state index contributed by atoms with van der Waals surface area (Å²) in [6.45, 7) is 4.60. The van der Waals surface area contributed by atoms with Gasteiger partial charge in [-0.3, -0.25) is 19.7 Å². The quantitative estimate of drug-likeness (QED) is 0.471. The summed E-state index contributed by atoms with van der Waals surface area (Å²) in [7, 11) is 0. The molecule has 1 saturated heterocycles. The second-order valence-electron chi connectivity index (χ2n) is 10.5. The van der Waals surface area contributed by atoms with Gasteiger partial charge >= 0.3 is 6.18 Å². The van der Waals surface area contributed by atoms with Crippen LogP contribution in [0.2, 0.25) is 0 Å². The lowest BCUT2D eigenvalue weighted by Crippen LogP contribution is -2.51. The summed E-state index contributed by atoms with van der Waals surface area (Å²) in [5.74, 6) is 0.0869. The second-order valence-corrected chi connectivity index (χ2v) is 10.5. The fraction of sp³-hybridized carbons (Fsp3) is 0.367. The summed E-state index contributed by atoms with van der Waals surface area (Å²) in [6.07, 6.45) is -0.536. The third-order valence-corrected chi connectivity index (χ3v) is 7.90. The number of hydrogen-bond donors (Lipinski definition) is 0. The summed E-state index contributed by atoms with van der Waals surface area (Å²) in [4.78, 5) is 26.3. The van der Waals surface area contributed by atoms with E-state index >= 15 is 0 Å². The highest BCUT2D eigenvalue weighted by Crippen LogP contribution is 2.34. The van der Waals surface area contributed by atoms with Gasteiger partial charge in [-0.1, -0.05) is 24.3 Å². The van der Waals surface area contributed by atoms with Crippen molar-refractivity contribution >= 4 is 11.6 Å². The lowest BCUT2D eigenvalue weighted by molar-refractivity contribution is -0.138. The van der Waals surface area contributed by atoms with Crippen LogP contribution in [0.4, 0.5) is 13.2 Å². The van der Waals surface area contributed by atoms with Gasteiger partial charge in [-0.25, -0.2) is 0 Å². The van der Waals surface area contributed by atoms with Crippen LogP contribution in [0.3, 0.4) is 0 Å². The number of rotatable bonds is 4. The molecule has 2 aromatic carbocycles. The van der Waals surface area contributed by atoms with Crippen molar-refractivity contribution in [2.24, 2.45) is 4.99 Å². The molecular weight excluding hydrogens is 489 g/mol. The Bertz CT molecular complexity index is 1430. The molecule has 4 heterocycles. The van der Waals surface area contributed by atoms with E-state index in [0.29, 0.717) is 26.1 Å². The smallest absolute Gasteiger partial charge is 0.334 e. The van der Waals surface area contributed by atoms with Crippen LogP contribution in [0.15, 0.2) is 59.7 Å². The lowest BCUT2D eigenvalue weighted by Gasteiger charge is -2.41. The first-order valence-corrected chi connectivity index (χ1v) is 13.1. The zero-order valence-electron chi connectivity index (χ0n) is 21.3. The number of piperidine rings is 1. The van der Waals surface area contributed by atoms with Crippen LogP contribution < -0.4 is 0 Å². The predicted octanol–water partition coefficient (Wildman–Crippen LogP) is 5.31. The van der Waals surface area contributed by atoms with Gasteiger partial charge in [0.1, 0.15) is 0 Å². The minimum atomic E-state index is -4.38. The number of pyridine rings is 1. The highest BCUT2D eigenvalue weighted by molar-refractivity contribution is 6.15. The standard InChI is InChI=1S/C30H29F3N4O/c1-19-11-20(8-9-34-19)29-26-13-24-17-37(28(38)14-22(24)12-23(26)15-35-29)25-6-4-10-36(18-25)16-21-5-2-3-7-27(21)30(31,32)33/h2-3,5,7-9,11-13,25H,4,6,10,14-18H2,1H3/t25-/m1/s1. The molecule has 8 heteroatoms. The molecule has 0 saturated carbocycles. The van der Waals surface area contributed by atoms with Gasteiger partial charge in [0.25, 0.3) is 0 Å². The van der Waals surface area contributed by atoms with E-state index in [0.717, 1.165) is 64.7 Å². The summed E-state index contributed by atoms with van der Waals surface area (Å²) in [6, 6.07) is 14.1. The van der Waals surface area contributed by atoms with Gasteiger partial charge in [-0.2, -0.15) is 13.2 Å². The summed E-state index contributed by atoms with van der Waals surface area (Å²) < 4.78 is 40.6. The molecular formula is C30H29F3N4O. The number of carbonyl (C=O) groups excluding carboxylic acids is 1. The molecule has 1 aromatic heterocycles. The number of hydrogen-bond acceptors (Lipinski definition) is 4. The van der Waals surface area contributed by atoms with Gasteiger partial charge < -0.3 is 4.90 Å². The van der Waals surface area contributed by atoms with Crippen LogP contribution in [-0.2, 0) is 37.0 Å². The Morgan fingerprint density at radius 1 is 1.05 bits per heavy atom. The Hall–Kier alpha value is -3.52. The molecule has 0 aliphatic carbocycles. The average Bonchev–Trinajstić information content (AvgIpc) is 3.29. The van der Waals surface area contributed by atoms with Crippen molar-refractivity contribution in [3.8, 4) is 0 Å². The maximum Gasteiger partial charge on any atom is 0.416 e. The fourth-order valence-corrected chi connectivity index (χ4v) is 6.07. The van der Waals surface area contributed by atoms with E-state index in [9.17, 15) is 18.0 Å². The van der Waals surface area contributed by atoms with Crippen molar-refractivity contribution in [2.45, 2.75) is 58.0 Å². The SMILES string of the molecule is Cc1cc(C2=NCc3cc4c(cc32)CN([C@@H]2CCCN(Cc3ccccc3C(F)(F)F)C2)C(=O)C4)ccn1. The van der Waals surface area contributed by atoms with Crippen molar-refractivity contribution < 1.29 is 18.0 Å². The molecule has 0 N–H and O–H groups in total. The number of likely N-dealkylation sites (tertiary alicyclic amines) is 1. The molecule has 0 unspecified atom stereocenters. The van der Waals surface area contributed by atoms with Crippen LogP contribution in [0.5, 0.6) is 0 Å². The Balaban J connectivity index is 1.21. The normalized spacial score (nSPS) is 19.8. The Morgan fingerprint density at radius 2 is 1.89 bits per heavy atom. The van der Waals surface area contributed by atoms with Gasteiger partial charge in [-0.05, 0) is 72.8 Å². The third-order valence-electron chi connectivity index (χ3n) is 7.90. The molecule has 6 rings (SSSR count). The van der Waals surface area contributed by atoms with Crippen LogP contribution in [0.25, 0.3) is 0 Å². The number of benzene rings is 2.